The van der Waals surface area contributed by atoms with Crippen LogP contribution < -0.4 is 0 Å². The Labute approximate surface area is 115 Å². The number of carboxylic acid groups (broad SMARTS) is 1. The number of ether oxygens (including phenoxy) is 1. The van der Waals surface area contributed by atoms with Gasteiger partial charge in [0.1, 0.15) is 6.10 Å². The summed E-state index contributed by atoms with van der Waals surface area (Å²) in [4.78, 5) is 23.9. The molecule has 0 radical (unpaired) electrons. The fourth-order valence-corrected chi connectivity index (χ4v) is 2.18. The van der Waals surface area contributed by atoms with Gasteiger partial charge in [-0.15, -0.1) is 0 Å². The third-order valence-corrected chi connectivity index (χ3v) is 3.28. The molecule has 104 valence electrons. The zero-order chi connectivity index (χ0) is 14.8. The molecule has 0 bridgehead atoms. The van der Waals surface area contributed by atoms with E-state index in [0.717, 1.165) is 0 Å². The highest BCUT2D eigenvalue weighted by atomic mass is 16.5. The number of hydrogen-bond acceptors (Lipinski definition) is 4. The molecule has 1 aliphatic carbocycles. The minimum atomic E-state index is -1.60. The number of carboxylic acids is 1. The molecule has 0 saturated carbocycles. The SMILES string of the molecule is COC1(C(=O)c2ccccc2C(=O)O)C=CC=CC1O. The number of hydrogen-bond donors (Lipinski definition) is 2. The Balaban J connectivity index is 2.53. The molecule has 2 N–H and O–H groups in total. The molecule has 0 saturated heterocycles. The first-order valence-electron chi connectivity index (χ1n) is 5.99. The van der Waals surface area contributed by atoms with Crippen LogP contribution in [-0.4, -0.2) is 40.8 Å². The van der Waals surface area contributed by atoms with Gasteiger partial charge in [-0.3, -0.25) is 4.79 Å². The number of ketones is 1. The number of methoxy groups -OCH3 is 1. The first-order chi connectivity index (χ1) is 9.53. The standard InChI is InChI=1S/C15H14O5/c1-20-15(9-5-4-8-12(15)16)13(17)10-6-2-3-7-11(10)14(18)19/h2-9,12,16H,1H3,(H,18,19). The zero-order valence-electron chi connectivity index (χ0n) is 10.8. The van der Waals surface area contributed by atoms with E-state index in [-0.39, 0.29) is 11.1 Å². The van der Waals surface area contributed by atoms with E-state index in [1.165, 1.54) is 37.5 Å². The Kier molecular flexibility index (Phi) is 3.83. The van der Waals surface area contributed by atoms with Gasteiger partial charge in [0.25, 0.3) is 0 Å². The van der Waals surface area contributed by atoms with Gasteiger partial charge in [0.2, 0.25) is 5.78 Å². The van der Waals surface area contributed by atoms with E-state index in [4.69, 9.17) is 9.84 Å². The third-order valence-electron chi connectivity index (χ3n) is 3.28. The van der Waals surface area contributed by atoms with Crippen molar-refractivity contribution in [1.29, 1.82) is 0 Å². The van der Waals surface area contributed by atoms with E-state index in [9.17, 15) is 14.7 Å². The van der Waals surface area contributed by atoms with E-state index >= 15 is 0 Å². The predicted molar refractivity (Wildman–Crippen MR) is 71.8 cm³/mol. The van der Waals surface area contributed by atoms with Gasteiger partial charge < -0.3 is 14.9 Å². The summed E-state index contributed by atoms with van der Waals surface area (Å²) in [6.45, 7) is 0. The fourth-order valence-electron chi connectivity index (χ4n) is 2.18. The van der Waals surface area contributed by atoms with Crippen molar-refractivity contribution in [3.05, 3.63) is 59.7 Å². The average molecular weight is 274 g/mol. The van der Waals surface area contributed by atoms with Gasteiger partial charge in [-0.1, -0.05) is 36.4 Å². The summed E-state index contributed by atoms with van der Waals surface area (Å²) >= 11 is 0. The van der Waals surface area contributed by atoms with Gasteiger partial charge in [-0.25, -0.2) is 4.79 Å². The third kappa shape index (κ3) is 2.17. The monoisotopic (exact) mass is 274 g/mol. The first-order valence-corrected chi connectivity index (χ1v) is 5.99. The van der Waals surface area contributed by atoms with Crippen LogP contribution in [-0.2, 0) is 4.74 Å². The summed E-state index contributed by atoms with van der Waals surface area (Å²) < 4.78 is 5.21. The molecule has 2 rings (SSSR count). The molecule has 1 aliphatic rings. The quantitative estimate of drug-likeness (QED) is 0.812. The highest BCUT2D eigenvalue weighted by Crippen LogP contribution is 2.28. The Morgan fingerprint density at radius 2 is 1.85 bits per heavy atom. The second-order valence-corrected chi connectivity index (χ2v) is 4.37. The van der Waals surface area contributed by atoms with Crippen molar-refractivity contribution in [3.8, 4) is 0 Å². The Bertz CT molecular complexity index is 602. The van der Waals surface area contributed by atoms with Crippen molar-refractivity contribution < 1.29 is 24.5 Å². The van der Waals surface area contributed by atoms with Crippen molar-refractivity contribution in [1.82, 2.24) is 0 Å². The van der Waals surface area contributed by atoms with Crippen LogP contribution in [0.15, 0.2) is 48.6 Å². The van der Waals surface area contributed by atoms with Crippen LogP contribution in [0.5, 0.6) is 0 Å². The molecule has 1 aromatic carbocycles. The molecule has 5 heteroatoms. The molecule has 0 aromatic heterocycles. The Hall–Kier alpha value is -2.24. The fraction of sp³-hybridized carbons (Fsp3) is 0.200. The summed E-state index contributed by atoms with van der Waals surface area (Å²) in [5, 5.41) is 19.2. The van der Waals surface area contributed by atoms with Crippen LogP contribution in [0.1, 0.15) is 20.7 Å². The van der Waals surface area contributed by atoms with Crippen molar-refractivity contribution in [2.75, 3.05) is 7.11 Å². The van der Waals surface area contributed by atoms with Crippen LogP contribution in [0.25, 0.3) is 0 Å². The number of aliphatic hydroxyl groups excluding tert-OH is 1. The number of aromatic carboxylic acids is 1. The first kappa shape index (κ1) is 14.2. The van der Waals surface area contributed by atoms with Crippen LogP contribution in [0, 0.1) is 0 Å². The number of rotatable bonds is 4. The lowest BCUT2D eigenvalue weighted by atomic mass is 9.83. The second-order valence-electron chi connectivity index (χ2n) is 4.37. The van der Waals surface area contributed by atoms with Gasteiger partial charge in [-0.2, -0.15) is 0 Å². The van der Waals surface area contributed by atoms with Crippen LogP contribution in [0.3, 0.4) is 0 Å². The van der Waals surface area contributed by atoms with Gasteiger partial charge >= 0.3 is 5.97 Å². The van der Waals surface area contributed by atoms with E-state index < -0.39 is 23.5 Å². The lowest BCUT2D eigenvalue weighted by Crippen LogP contribution is -2.50. The molecule has 2 unspecified atom stereocenters. The predicted octanol–water partition coefficient (Wildman–Crippen LogP) is 1.44. The minimum Gasteiger partial charge on any atom is -0.478 e. The molecule has 0 fully saturated rings. The second kappa shape index (κ2) is 5.40. The summed E-state index contributed by atoms with van der Waals surface area (Å²) in [6.07, 6.45) is 4.85. The number of carbonyl (C=O) groups is 2. The maximum atomic E-state index is 12.7. The van der Waals surface area contributed by atoms with E-state index in [1.807, 2.05) is 0 Å². The van der Waals surface area contributed by atoms with Gasteiger partial charge in [-0.05, 0) is 12.1 Å². The number of allylic oxidation sites excluding steroid dienone is 2. The van der Waals surface area contributed by atoms with Gasteiger partial charge in [0.05, 0.1) is 5.56 Å². The average Bonchev–Trinajstić information content (AvgIpc) is 2.47. The van der Waals surface area contributed by atoms with Crippen molar-refractivity contribution in [3.63, 3.8) is 0 Å². The molecule has 0 amide bonds. The zero-order valence-corrected chi connectivity index (χ0v) is 10.8. The molecular weight excluding hydrogens is 260 g/mol. The topological polar surface area (TPSA) is 83.8 Å². The normalized spacial score (nSPS) is 24.6. The molecule has 1 aromatic rings. The molecule has 2 atom stereocenters. The number of aliphatic hydroxyl groups is 1. The summed E-state index contributed by atoms with van der Waals surface area (Å²) in [5.74, 6) is -1.80. The van der Waals surface area contributed by atoms with Crippen LogP contribution >= 0.6 is 0 Å². The van der Waals surface area contributed by atoms with Crippen LogP contribution in [0.2, 0.25) is 0 Å². The largest absolute Gasteiger partial charge is 0.478 e. The maximum absolute atomic E-state index is 12.7. The smallest absolute Gasteiger partial charge is 0.336 e. The number of benzene rings is 1. The molecule has 5 nitrogen and oxygen atoms in total. The molecule has 0 spiro atoms. The summed E-state index contributed by atoms with van der Waals surface area (Å²) in [5.41, 5.74) is -1.72. The van der Waals surface area contributed by atoms with Crippen molar-refractivity contribution in [2.24, 2.45) is 0 Å². The van der Waals surface area contributed by atoms with E-state index in [1.54, 1.807) is 18.2 Å². The van der Waals surface area contributed by atoms with Crippen molar-refractivity contribution in [2.45, 2.75) is 11.7 Å². The van der Waals surface area contributed by atoms with E-state index in [0.29, 0.717) is 0 Å². The Morgan fingerprint density at radius 3 is 2.40 bits per heavy atom. The minimum absolute atomic E-state index is 0.000787. The van der Waals surface area contributed by atoms with Crippen LogP contribution in [0.4, 0.5) is 0 Å². The molecule has 20 heavy (non-hydrogen) atoms. The lowest BCUT2D eigenvalue weighted by Gasteiger charge is -2.33. The highest BCUT2D eigenvalue weighted by Gasteiger charge is 2.44. The number of carbonyl (C=O) groups excluding carboxylic acids is 1. The van der Waals surface area contributed by atoms with Gasteiger partial charge in [0, 0.05) is 12.7 Å². The Morgan fingerprint density at radius 1 is 1.20 bits per heavy atom. The highest BCUT2D eigenvalue weighted by molar-refractivity contribution is 6.11. The molecular formula is C15H14O5. The molecule has 0 heterocycles. The summed E-state index contributed by atoms with van der Waals surface area (Å²) in [7, 11) is 1.30. The summed E-state index contributed by atoms with van der Waals surface area (Å²) in [6, 6.07) is 5.85. The maximum Gasteiger partial charge on any atom is 0.336 e. The number of Topliss-reactive ketones (excluding diaryl/α,β-unsaturated/α-hetero) is 1. The molecule has 0 aliphatic heterocycles. The van der Waals surface area contributed by atoms with Crippen molar-refractivity contribution >= 4 is 11.8 Å². The van der Waals surface area contributed by atoms with Gasteiger partial charge in [0.15, 0.2) is 5.60 Å². The van der Waals surface area contributed by atoms with E-state index in [2.05, 4.69) is 0 Å². The lowest BCUT2D eigenvalue weighted by molar-refractivity contribution is -0.0297.